The molecule has 152 valence electrons. The molecule has 0 atom stereocenters. The van der Waals surface area contributed by atoms with Crippen LogP contribution in [0.15, 0.2) is 23.1 Å². The molecular weight excluding hydrogens is 382 g/mol. The fraction of sp³-hybridized carbons (Fsp3) is 0.526. The van der Waals surface area contributed by atoms with Gasteiger partial charge in [0.2, 0.25) is 10.0 Å². The molecule has 1 aromatic carbocycles. The molecule has 0 spiro atoms. The van der Waals surface area contributed by atoms with Crippen LogP contribution in [0.2, 0.25) is 0 Å². The molecule has 0 saturated heterocycles. The van der Waals surface area contributed by atoms with E-state index in [0.29, 0.717) is 18.4 Å². The van der Waals surface area contributed by atoms with E-state index in [1.807, 2.05) is 0 Å². The van der Waals surface area contributed by atoms with Gasteiger partial charge < -0.3 is 10.1 Å². The molecule has 1 N–H and O–H groups in total. The highest BCUT2D eigenvalue weighted by molar-refractivity contribution is 7.89. The maximum Gasteiger partial charge on any atom is 0.338 e. The van der Waals surface area contributed by atoms with E-state index in [1.54, 1.807) is 6.92 Å². The standard InChI is InChI=1S/C19H25N3O5S/c1-14-7-8-15(28(25,26)22(2)3)11-16(14)18(24)27-12-17(23)21-19(13-20)9-5-4-6-10-19/h7-8,11H,4-6,9-10,12H2,1-3H3,(H,21,23). The van der Waals surface area contributed by atoms with Crippen LogP contribution in [0.5, 0.6) is 0 Å². The van der Waals surface area contributed by atoms with Crippen molar-refractivity contribution in [3.05, 3.63) is 29.3 Å². The van der Waals surface area contributed by atoms with Crippen molar-refractivity contribution in [1.29, 1.82) is 5.26 Å². The third-order valence-electron chi connectivity index (χ3n) is 4.84. The molecule has 8 nitrogen and oxygen atoms in total. The molecule has 1 aromatic rings. The summed E-state index contributed by atoms with van der Waals surface area (Å²) in [6.07, 6.45) is 3.90. The number of hydrogen-bond donors (Lipinski definition) is 1. The van der Waals surface area contributed by atoms with Crippen molar-refractivity contribution in [3.63, 3.8) is 0 Å². The van der Waals surface area contributed by atoms with E-state index in [9.17, 15) is 23.3 Å². The second kappa shape index (κ2) is 8.71. The minimum atomic E-state index is -3.70. The summed E-state index contributed by atoms with van der Waals surface area (Å²) in [5.74, 6) is -1.34. The highest BCUT2D eigenvalue weighted by Crippen LogP contribution is 2.27. The number of benzene rings is 1. The van der Waals surface area contributed by atoms with Gasteiger partial charge in [0.15, 0.2) is 6.61 Å². The van der Waals surface area contributed by atoms with E-state index < -0.39 is 34.0 Å². The van der Waals surface area contributed by atoms with Crippen molar-refractivity contribution >= 4 is 21.9 Å². The van der Waals surface area contributed by atoms with Crippen molar-refractivity contribution in [2.75, 3.05) is 20.7 Å². The van der Waals surface area contributed by atoms with Crippen LogP contribution in [0.3, 0.4) is 0 Å². The Bertz CT molecular complexity index is 897. The predicted octanol–water partition coefficient (Wildman–Crippen LogP) is 1.74. The topological polar surface area (TPSA) is 117 Å². The van der Waals surface area contributed by atoms with Crippen LogP contribution in [0, 0.1) is 18.3 Å². The summed E-state index contributed by atoms with van der Waals surface area (Å²) in [4.78, 5) is 24.5. The molecule has 0 aromatic heterocycles. The van der Waals surface area contributed by atoms with Gasteiger partial charge in [-0.3, -0.25) is 4.79 Å². The molecule has 1 amide bonds. The number of nitriles is 1. The maximum atomic E-state index is 12.4. The van der Waals surface area contributed by atoms with Crippen LogP contribution in [0.25, 0.3) is 0 Å². The summed E-state index contributed by atoms with van der Waals surface area (Å²) in [6, 6.07) is 6.33. The highest BCUT2D eigenvalue weighted by atomic mass is 32.2. The van der Waals surface area contributed by atoms with Crippen molar-refractivity contribution in [2.24, 2.45) is 0 Å². The Morgan fingerprint density at radius 3 is 2.46 bits per heavy atom. The Morgan fingerprint density at radius 1 is 1.25 bits per heavy atom. The summed E-state index contributed by atoms with van der Waals surface area (Å²) in [5, 5.41) is 12.1. The van der Waals surface area contributed by atoms with E-state index in [4.69, 9.17) is 4.74 Å². The number of sulfonamides is 1. The van der Waals surface area contributed by atoms with Gasteiger partial charge in [-0.2, -0.15) is 5.26 Å². The van der Waals surface area contributed by atoms with Gasteiger partial charge in [0.1, 0.15) is 5.54 Å². The van der Waals surface area contributed by atoms with Crippen molar-refractivity contribution in [3.8, 4) is 6.07 Å². The van der Waals surface area contributed by atoms with Crippen molar-refractivity contribution in [2.45, 2.75) is 49.5 Å². The van der Waals surface area contributed by atoms with Gasteiger partial charge in [-0.1, -0.05) is 25.3 Å². The van der Waals surface area contributed by atoms with Gasteiger partial charge in [0.05, 0.1) is 16.5 Å². The average molecular weight is 407 g/mol. The lowest BCUT2D eigenvalue weighted by atomic mass is 9.83. The predicted molar refractivity (Wildman–Crippen MR) is 102 cm³/mol. The molecule has 1 fully saturated rings. The minimum Gasteiger partial charge on any atom is -0.452 e. The quantitative estimate of drug-likeness (QED) is 0.718. The zero-order chi connectivity index (χ0) is 20.9. The first kappa shape index (κ1) is 21.9. The van der Waals surface area contributed by atoms with Gasteiger partial charge in [0, 0.05) is 14.1 Å². The SMILES string of the molecule is Cc1ccc(S(=O)(=O)N(C)C)cc1C(=O)OCC(=O)NC1(C#N)CCCCC1. The zero-order valence-electron chi connectivity index (χ0n) is 16.3. The molecule has 9 heteroatoms. The minimum absolute atomic E-state index is 0.0369. The first-order chi connectivity index (χ1) is 13.1. The van der Waals surface area contributed by atoms with Crippen molar-refractivity contribution in [1.82, 2.24) is 9.62 Å². The van der Waals surface area contributed by atoms with Crippen LogP contribution < -0.4 is 5.32 Å². The average Bonchev–Trinajstić information content (AvgIpc) is 2.66. The van der Waals surface area contributed by atoms with Crippen LogP contribution in [0.4, 0.5) is 0 Å². The van der Waals surface area contributed by atoms with E-state index in [1.165, 1.54) is 32.3 Å². The molecule has 0 radical (unpaired) electrons. The molecule has 2 rings (SSSR count). The lowest BCUT2D eigenvalue weighted by Crippen LogP contribution is -2.50. The molecule has 0 bridgehead atoms. The van der Waals surface area contributed by atoms with Gasteiger partial charge in [-0.05, 0) is 37.5 Å². The summed E-state index contributed by atoms with van der Waals surface area (Å²) in [6.45, 7) is 1.11. The summed E-state index contributed by atoms with van der Waals surface area (Å²) < 4.78 is 30.6. The first-order valence-corrected chi connectivity index (χ1v) is 10.5. The maximum absolute atomic E-state index is 12.4. The number of nitrogens with one attached hydrogen (secondary N) is 1. The molecule has 0 aliphatic heterocycles. The number of ether oxygens (including phenoxy) is 1. The molecule has 1 aliphatic rings. The van der Waals surface area contributed by atoms with E-state index in [-0.39, 0.29) is 10.5 Å². The van der Waals surface area contributed by atoms with E-state index in [0.717, 1.165) is 23.6 Å². The number of esters is 1. The summed E-state index contributed by atoms with van der Waals surface area (Å²) in [7, 11) is -0.908. The molecule has 1 aliphatic carbocycles. The fourth-order valence-corrected chi connectivity index (χ4v) is 4.05. The monoisotopic (exact) mass is 407 g/mol. The second-order valence-electron chi connectivity index (χ2n) is 7.14. The summed E-state index contributed by atoms with van der Waals surface area (Å²) in [5.41, 5.74) is -0.301. The number of carbonyl (C=O) groups excluding carboxylic acids is 2. The highest BCUT2D eigenvalue weighted by Gasteiger charge is 2.33. The zero-order valence-corrected chi connectivity index (χ0v) is 17.1. The Balaban J connectivity index is 2.07. The number of rotatable bonds is 6. The third kappa shape index (κ3) is 4.88. The molecule has 0 unspecified atom stereocenters. The van der Waals surface area contributed by atoms with Gasteiger partial charge in [-0.15, -0.1) is 0 Å². The number of carbonyl (C=O) groups is 2. The van der Waals surface area contributed by atoms with Crippen molar-refractivity contribution < 1.29 is 22.7 Å². The summed E-state index contributed by atoms with van der Waals surface area (Å²) >= 11 is 0. The molecule has 1 saturated carbocycles. The smallest absolute Gasteiger partial charge is 0.338 e. The normalized spacial score (nSPS) is 16.2. The number of amides is 1. The molecule has 0 heterocycles. The van der Waals surface area contributed by atoms with Gasteiger partial charge in [0.25, 0.3) is 5.91 Å². The fourth-order valence-electron chi connectivity index (χ4n) is 3.12. The largest absolute Gasteiger partial charge is 0.452 e. The number of hydrogen-bond acceptors (Lipinski definition) is 6. The van der Waals surface area contributed by atoms with Crippen LogP contribution >= 0.6 is 0 Å². The molecule has 28 heavy (non-hydrogen) atoms. The third-order valence-corrected chi connectivity index (χ3v) is 6.65. The number of aryl methyl sites for hydroxylation is 1. The van der Waals surface area contributed by atoms with Gasteiger partial charge >= 0.3 is 5.97 Å². The Labute approximate surface area is 165 Å². The second-order valence-corrected chi connectivity index (χ2v) is 9.29. The van der Waals surface area contributed by atoms with Crippen LogP contribution in [-0.2, 0) is 19.6 Å². The van der Waals surface area contributed by atoms with E-state index >= 15 is 0 Å². The Hall–Kier alpha value is -2.44. The first-order valence-electron chi connectivity index (χ1n) is 9.04. The Morgan fingerprint density at radius 2 is 1.89 bits per heavy atom. The Kier molecular flexibility index (Phi) is 6.80. The van der Waals surface area contributed by atoms with Gasteiger partial charge in [-0.25, -0.2) is 17.5 Å². The van der Waals surface area contributed by atoms with Crippen LogP contribution in [0.1, 0.15) is 48.0 Å². The van der Waals surface area contributed by atoms with E-state index in [2.05, 4.69) is 11.4 Å². The number of nitrogens with zero attached hydrogens (tertiary/aromatic N) is 2. The lowest BCUT2D eigenvalue weighted by molar-refractivity contribution is -0.125. The lowest BCUT2D eigenvalue weighted by Gasteiger charge is -2.31. The molecular formula is C19H25N3O5S. The van der Waals surface area contributed by atoms with Crippen LogP contribution in [-0.4, -0.2) is 50.8 Å².